The monoisotopic (exact) mass is 1290 g/mol. The van der Waals surface area contributed by atoms with Crippen molar-refractivity contribution in [2.24, 2.45) is 0 Å². The van der Waals surface area contributed by atoms with Crippen LogP contribution >= 0.6 is 46.4 Å². The van der Waals surface area contributed by atoms with E-state index >= 15 is 0 Å². The lowest BCUT2D eigenvalue weighted by Crippen LogP contribution is -2.39. The number of fused-ring (bicyclic) bond motifs is 2. The fourth-order valence-electron chi connectivity index (χ4n) is 10.6. The SMILES string of the molecule is O=C(NCCCCNC(=O)NCCOCCOCCNS(=O)(=O)c1ccc(O[C@@H]2c3c(Cl)cc(Cl)cc3C[C@H]2N2CC[C@H](O)C2)cc1)NCCOCCOCCNS(=O)(=O)c1ccc(O[C@@H]2c3cc(Cl)cc(Cl)c3C[C@H]2N2CC[C@H](O)C2)cc1. The minimum atomic E-state index is -3.83. The van der Waals surface area contributed by atoms with Gasteiger partial charge >= 0.3 is 12.1 Å². The smallest absolute Gasteiger partial charge is 0.314 e. The third kappa shape index (κ3) is 19.1. The number of carbonyl (C=O) groups is 2. The molecule has 4 aromatic rings. The normalized spacial score (nSPS) is 20.6. The summed E-state index contributed by atoms with van der Waals surface area (Å²) >= 11 is 25.9. The van der Waals surface area contributed by atoms with Crippen LogP contribution in [0.5, 0.6) is 11.5 Å². The molecule has 8 rings (SSSR count). The van der Waals surface area contributed by atoms with Crippen LogP contribution in [0.25, 0.3) is 0 Å². The first-order chi connectivity index (χ1) is 40.4. The molecule has 0 aromatic heterocycles. The van der Waals surface area contributed by atoms with E-state index in [-0.39, 0.29) is 113 Å². The summed E-state index contributed by atoms with van der Waals surface area (Å²) in [7, 11) is -7.65. The molecule has 0 bridgehead atoms. The molecule has 4 amide bonds. The number of urea groups is 2. The highest BCUT2D eigenvalue weighted by molar-refractivity contribution is 7.89. The molecule has 4 aromatic carbocycles. The first-order valence-corrected chi connectivity index (χ1v) is 32.6. The number of carbonyl (C=O) groups excluding carboxylic acids is 2. The number of aliphatic hydroxyl groups is 2. The Bertz CT molecular complexity index is 3030. The number of unbranched alkanes of at least 4 members (excludes halogenated alkanes) is 1. The number of ether oxygens (including phenoxy) is 6. The summed E-state index contributed by atoms with van der Waals surface area (Å²) in [6.07, 6.45) is 2.27. The molecule has 22 nitrogen and oxygen atoms in total. The topological polar surface area (TPSA) is 277 Å². The second-order valence-electron chi connectivity index (χ2n) is 20.7. The van der Waals surface area contributed by atoms with Gasteiger partial charge in [0.25, 0.3) is 0 Å². The summed E-state index contributed by atoms with van der Waals surface area (Å²) in [5.74, 6) is 0.960. The van der Waals surface area contributed by atoms with Crippen LogP contribution in [-0.4, -0.2) is 192 Å². The zero-order valence-corrected chi connectivity index (χ0v) is 51.0. The van der Waals surface area contributed by atoms with E-state index in [2.05, 4.69) is 40.5 Å². The van der Waals surface area contributed by atoms with Gasteiger partial charge in [-0.3, -0.25) is 9.80 Å². The number of nitrogens with zero attached hydrogens (tertiary/aromatic N) is 2. The van der Waals surface area contributed by atoms with Crippen molar-refractivity contribution in [3.8, 4) is 11.5 Å². The third-order valence-corrected chi connectivity index (χ3v) is 18.7. The van der Waals surface area contributed by atoms with Crippen LogP contribution in [0.3, 0.4) is 0 Å². The Kier molecular flexibility index (Phi) is 25.1. The molecule has 0 unspecified atom stereocenters. The average molecular weight is 1290 g/mol. The average Bonchev–Trinajstić information content (AvgIpc) is 4.01. The maximum absolute atomic E-state index is 13.0. The van der Waals surface area contributed by atoms with E-state index in [1.54, 1.807) is 36.4 Å². The van der Waals surface area contributed by atoms with Gasteiger partial charge in [-0.05, 0) is 122 Å². The predicted octanol–water partition coefficient (Wildman–Crippen LogP) is 5.22. The van der Waals surface area contributed by atoms with Crippen molar-refractivity contribution in [1.29, 1.82) is 0 Å². The lowest BCUT2D eigenvalue weighted by molar-refractivity contribution is 0.0516. The van der Waals surface area contributed by atoms with Gasteiger partial charge in [-0.1, -0.05) is 46.4 Å². The third-order valence-electron chi connectivity index (χ3n) is 14.7. The standard InChI is InChI=1S/C56H74Cl4N8O14S2/c57-38-29-37-30-50(67-19-11-40(69)35-67)54(52(37)49(60)33-38)82-43-5-9-45(10-6-43)84(75,76)66-18-24-80-28-26-78-22-16-64-56(72)62-14-2-1-13-61-55(71)63-15-21-77-25-27-79-23-17-65-83(73,74)44-7-3-42(4-8-44)81-53-47-31-39(58)32-48(59)46(47)34-51(53)68-20-12-41(70)36-68/h3-10,29,31-33,40-41,50-51,53-54,65-66,69-70H,1-2,11-28,30,34-36H2,(H2,61,63,71)(H2,62,64,72)/t40-,41-,50+,51+,53+,54-/m0/s1. The Balaban J connectivity index is 0.576. The number of sulfonamides is 2. The number of aliphatic hydroxyl groups excluding tert-OH is 2. The molecule has 0 spiro atoms. The van der Waals surface area contributed by atoms with Crippen LogP contribution in [0.4, 0.5) is 9.59 Å². The summed E-state index contributed by atoms with van der Waals surface area (Å²) < 4.78 is 92.0. The lowest BCUT2D eigenvalue weighted by atomic mass is 10.1. The molecular weight excluding hydrogens is 1210 g/mol. The molecule has 4 aliphatic rings. The van der Waals surface area contributed by atoms with Crippen molar-refractivity contribution in [1.82, 2.24) is 40.5 Å². The number of nitrogens with one attached hydrogen (secondary N) is 6. The maximum atomic E-state index is 13.0. The zero-order valence-electron chi connectivity index (χ0n) is 46.4. The number of halogens is 4. The molecule has 8 N–H and O–H groups in total. The Labute approximate surface area is 510 Å². The van der Waals surface area contributed by atoms with E-state index in [4.69, 9.17) is 74.8 Å². The first kappa shape index (κ1) is 65.7. The number of benzene rings is 4. The Morgan fingerprint density at radius 3 is 1.43 bits per heavy atom. The molecule has 0 saturated carbocycles. The first-order valence-electron chi connectivity index (χ1n) is 28.1. The molecule has 462 valence electrons. The van der Waals surface area contributed by atoms with E-state index in [1.165, 1.54) is 24.3 Å². The molecule has 2 aliphatic heterocycles. The van der Waals surface area contributed by atoms with Gasteiger partial charge in [0, 0.05) is 96.7 Å². The van der Waals surface area contributed by atoms with Crippen molar-refractivity contribution in [2.75, 3.05) is 118 Å². The summed E-state index contributed by atoms with van der Waals surface area (Å²) in [5.41, 5.74) is 3.66. The molecule has 2 aliphatic carbocycles. The lowest BCUT2D eigenvalue weighted by Gasteiger charge is -2.30. The van der Waals surface area contributed by atoms with Crippen LogP contribution in [-0.2, 0) is 51.8 Å². The molecule has 6 atom stereocenters. The minimum Gasteiger partial charge on any atom is -0.484 e. The Morgan fingerprint density at radius 2 is 0.952 bits per heavy atom. The summed E-state index contributed by atoms with van der Waals surface area (Å²) in [5, 5.41) is 33.4. The fraction of sp³-hybridized carbons (Fsp3) is 0.536. The molecular formula is C56H74Cl4N8O14S2. The second-order valence-corrected chi connectivity index (χ2v) is 25.9. The molecule has 2 saturated heterocycles. The van der Waals surface area contributed by atoms with Gasteiger partial charge in [-0.15, -0.1) is 0 Å². The quantitative estimate of drug-likeness (QED) is 0.0284. The molecule has 0 radical (unpaired) electrons. The van der Waals surface area contributed by atoms with Gasteiger partial charge in [0.05, 0.1) is 86.9 Å². The van der Waals surface area contributed by atoms with Crippen molar-refractivity contribution in [3.05, 3.63) is 115 Å². The van der Waals surface area contributed by atoms with Crippen LogP contribution in [0.15, 0.2) is 82.6 Å². The van der Waals surface area contributed by atoms with Crippen molar-refractivity contribution >= 4 is 78.5 Å². The summed E-state index contributed by atoms with van der Waals surface area (Å²) in [4.78, 5) is 28.8. The Morgan fingerprint density at radius 1 is 0.524 bits per heavy atom. The molecule has 28 heteroatoms. The highest BCUT2D eigenvalue weighted by Gasteiger charge is 2.43. The van der Waals surface area contributed by atoms with Crippen molar-refractivity contribution in [2.45, 2.75) is 84.8 Å². The van der Waals surface area contributed by atoms with Gasteiger partial charge < -0.3 is 59.9 Å². The molecule has 2 heterocycles. The van der Waals surface area contributed by atoms with E-state index in [9.17, 15) is 36.6 Å². The number of amides is 4. The molecule has 84 heavy (non-hydrogen) atoms. The highest BCUT2D eigenvalue weighted by atomic mass is 35.5. The van der Waals surface area contributed by atoms with E-state index in [0.717, 1.165) is 35.3 Å². The number of hydrogen-bond acceptors (Lipinski definition) is 16. The van der Waals surface area contributed by atoms with E-state index < -0.39 is 44.5 Å². The van der Waals surface area contributed by atoms with Crippen LogP contribution in [0.2, 0.25) is 20.1 Å². The van der Waals surface area contributed by atoms with Crippen molar-refractivity contribution in [3.63, 3.8) is 0 Å². The largest absolute Gasteiger partial charge is 0.484 e. The Hall–Kier alpha value is -4.32. The second kappa shape index (κ2) is 32.1. The van der Waals surface area contributed by atoms with Gasteiger partial charge in [-0.25, -0.2) is 35.9 Å². The van der Waals surface area contributed by atoms with E-state index in [1.807, 2.05) is 12.1 Å². The van der Waals surface area contributed by atoms with Gasteiger partial charge in [0.15, 0.2) is 0 Å². The number of rotatable bonds is 33. The van der Waals surface area contributed by atoms with Gasteiger partial charge in [-0.2, -0.15) is 0 Å². The highest BCUT2D eigenvalue weighted by Crippen LogP contribution is 2.45. The zero-order chi connectivity index (χ0) is 59.6. The van der Waals surface area contributed by atoms with Crippen LogP contribution < -0.4 is 40.2 Å². The number of β-amino-alcohol motifs (C(OH)–C–C–N with tert-alkyl or cyclic N) is 2. The summed E-state index contributed by atoms with van der Waals surface area (Å²) in [6.45, 7) is 5.64. The maximum Gasteiger partial charge on any atom is 0.314 e. The van der Waals surface area contributed by atoms with Crippen molar-refractivity contribution < 1.29 is 65.1 Å². The fourth-order valence-corrected chi connectivity index (χ4v) is 13.8. The number of hydrogen-bond donors (Lipinski definition) is 8. The number of likely N-dealkylation sites (tertiary alicyclic amines) is 2. The van der Waals surface area contributed by atoms with Gasteiger partial charge in [0.1, 0.15) is 23.7 Å². The van der Waals surface area contributed by atoms with Gasteiger partial charge in [0.2, 0.25) is 20.0 Å². The van der Waals surface area contributed by atoms with E-state index in [0.29, 0.717) is 96.3 Å². The predicted molar refractivity (Wildman–Crippen MR) is 318 cm³/mol. The molecule has 2 fully saturated rings. The minimum absolute atomic E-state index is 0.0444. The summed E-state index contributed by atoms with van der Waals surface area (Å²) in [6, 6.07) is 18.7. The van der Waals surface area contributed by atoms with Crippen LogP contribution in [0.1, 0.15) is 60.1 Å². The van der Waals surface area contributed by atoms with Crippen LogP contribution in [0, 0.1) is 0 Å².